The van der Waals surface area contributed by atoms with Crippen molar-refractivity contribution in [2.24, 2.45) is 103 Å². The van der Waals surface area contributed by atoms with Gasteiger partial charge in [0.25, 0.3) is 0 Å². The number of aliphatic hydroxyl groups excluding tert-OH is 1. The molecule has 24 atom stereocenters. The van der Waals surface area contributed by atoms with Gasteiger partial charge in [-0.05, 0) is 301 Å². The minimum Gasteiger partial charge on any atom is -0.481 e. The van der Waals surface area contributed by atoms with E-state index in [1.807, 2.05) is 32.0 Å². The second kappa shape index (κ2) is 27.8. The van der Waals surface area contributed by atoms with E-state index < -0.39 is 23.2 Å². The van der Waals surface area contributed by atoms with Gasteiger partial charge in [-0.1, -0.05) is 80.9 Å². The van der Waals surface area contributed by atoms with Crippen LogP contribution in [0.5, 0.6) is 0 Å². The number of hydrogen-bond donors (Lipinski definition) is 5. The summed E-state index contributed by atoms with van der Waals surface area (Å²) in [7, 11) is 0. The summed E-state index contributed by atoms with van der Waals surface area (Å²) in [6.45, 7) is 23.2. The van der Waals surface area contributed by atoms with Gasteiger partial charge in [-0.3, -0.25) is 14.4 Å². The lowest BCUT2D eigenvalue weighted by molar-refractivity contribution is -0.207. The molecule has 0 spiro atoms. The van der Waals surface area contributed by atoms with Crippen molar-refractivity contribution in [3.8, 4) is 0 Å². The van der Waals surface area contributed by atoms with Crippen LogP contribution in [0.25, 0.3) is 0 Å². The Kier molecular flexibility index (Phi) is 20.7. The molecule has 546 valence electrons. The zero-order valence-electron chi connectivity index (χ0n) is 61.4. The summed E-state index contributed by atoms with van der Waals surface area (Å²) in [5, 5.41) is 42.7. The van der Waals surface area contributed by atoms with E-state index >= 15 is 0 Å². The number of fused-ring (bicyclic) bond motifs is 15. The molecular weight excluding hydrogens is 1250 g/mol. The maximum Gasteiger partial charge on any atom is 0.335 e. The summed E-state index contributed by atoms with van der Waals surface area (Å²) >= 11 is 0. The van der Waals surface area contributed by atoms with Gasteiger partial charge in [0.05, 0.1) is 47.9 Å². The maximum atomic E-state index is 12.3. The van der Waals surface area contributed by atoms with Crippen LogP contribution in [0.15, 0.2) is 94.5 Å². The highest BCUT2D eigenvalue weighted by Crippen LogP contribution is 2.73. The Bertz CT molecular complexity index is 3580. The molecule has 0 aromatic carbocycles. The molecule has 11 saturated carbocycles. The molecule has 0 unspecified atom stereocenters. The number of carboxylic acids is 1. The van der Waals surface area contributed by atoms with Crippen LogP contribution in [-0.2, 0) is 23.9 Å². The van der Waals surface area contributed by atoms with Crippen LogP contribution in [0, 0.1) is 97.6 Å². The van der Waals surface area contributed by atoms with Gasteiger partial charge in [-0.25, -0.2) is 14.4 Å². The lowest BCUT2D eigenvalue weighted by atomic mass is 9.43. The van der Waals surface area contributed by atoms with E-state index in [4.69, 9.17) is 33.6 Å². The maximum absolute atomic E-state index is 12.3. The number of carboxylic acid groups (broad SMARTS) is 1. The Morgan fingerprint density at radius 2 is 0.889 bits per heavy atom. The van der Waals surface area contributed by atoms with E-state index in [9.17, 15) is 44.1 Å². The fraction of sp³-hybridized carbons (Fsp3) is 0.759. The van der Waals surface area contributed by atoms with Crippen LogP contribution in [-0.4, -0.2) is 73.9 Å². The van der Waals surface area contributed by atoms with Crippen molar-refractivity contribution < 1.29 is 57.5 Å². The minimum atomic E-state index is -0.741. The highest BCUT2D eigenvalue weighted by molar-refractivity contribution is 5.75. The molecule has 3 heterocycles. The highest BCUT2D eigenvalue weighted by atomic mass is 16.5. The van der Waals surface area contributed by atoms with E-state index in [0.29, 0.717) is 64.6 Å². The van der Waals surface area contributed by atoms with Gasteiger partial charge in [0, 0.05) is 29.0 Å². The van der Waals surface area contributed by atoms with E-state index in [0.717, 1.165) is 152 Å². The molecule has 3 aromatic heterocycles. The van der Waals surface area contributed by atoms with Gasteiger partial charge in [-0.2, -0.15) is 0 Å². The van der Waals surface area contributed by atoms with E-state index in [-0.39, 0.29) is 97.9 Å². The number of hydrogen-bond acceptors (Lipinski definition) is 15. The van der Waals surface area contributed by atoms with E-state index in [2.05, 4.69) is 47.6 Å². The molecule has 99 heavy (non-hydrogen) atoms. The van der Waals surface area contributed by atoms with Crippen molar-refractivity contribution in [3.63, 3.8) is 0 Å². The fourth-order valence-electron chi connectivity index (χ4n) is 25.0. The largest absolute Gasteiger partial charge is 0.481 e. The van der Waals surface area contributed by atoms with Crippen molar-refractivity contribution in [3.05, 3.63) is 115 Å². The van der Waals surface area contributed by atoms with Crippen molar-refractivity contribution in [2.45, 2.75) is 296 Å². The Labute approximate surface area is 587 Å². The number of carbonyl (C=O) groups is 3. The molecule has 3 aromatic rings. The summed E-state index contributed by atoms with van der Waals surface area (Å²) in [4.78, 5) is 68.3. The first-order valence-electron chi connectivity index (χ1n) is 38.7. The number of rotatable bonds is 8. The number of aliphatic carboxylic acids is 1. The normalized spacial score (nSPS) is 43.2. The zero-order chi connectivity index (χ0) is 71.2. The van der Waals surface area contributed by atoms with Crippen LogP contribution in [0.2, 0.25) is 0 Å². The van der Waals surface area contributed by atoms with Gasteiger partial charge in [0.15, 0.2) is 0 Å². The van der Waals surface area contributed by atoms with Crippen LogP contribution >= 0.6 is 0 Å². The van der Waals surface area contributed by atoms with Gasteiger partial charge >= 0.3 is 34.8 Å². The molecule has 11 fully saturated rings. The predicted molar refractivity (Wildman–Crippen MR) is 378 cm³/mol. The molecule has 0 saturated heterocycles. The first-order chi connectivity index (χ1) is 46.7. The summed E-state index contributed by atoms with van der Waals surface area (Å²) in [6, 6.07) is 9.81. The molecular formula is C83H119NO15. The molecule has 16 nitrogen and oxygen atoms in total. The first kappa shape index (κ1) is 73.6. The van der Waals surface area contributed by atoms with Crippen LogP contribution < -0.4 is 22.6 Å². The summed E-state index contributed by atoms with van der Waals surface area (Å²) in [5.74, 6) is 4.38. The lowest BCUT2D eigenvalue weighted by Gasteiger charge is -2.63. The molecule has 12 aliphatic rings. The van der Waals surface area contributed by atoms with Gasteiger partial charge in [0.2, 0.25) is 0 Å². The predicted octanol–water partition coefficient (Wildman–Crippen LogP) is 15.4. The standard InChI is InChI=1S/C28H40O5.C27H37NO4.C24H34O4.C4H8O2/c1-17(2)25(30)33-20-9-12-26(3)19(15-20)6-7-23-22(26)10-13-27(4)21(11-14-28(23,27)31)18-5-8-24(29)32-16-18;1-16(28)25(30)32-19-10-12-26(2)18(14-19)5-6-20-22-8-7-21(17-4-9-24(29)31-15-17)27(22,3)13-11-23(20)26;1-22-10-7-17(25)13-16(22)4-5-20-19(22)8-11-23(2)18(9-12-24(20,23)27)15-3-6-21(26)28-14-15;1-3(2)4(5)6/h5,8,16-17,19-23,31H,6-7,9-15H2,1-4H3;4,8-9,15-16,18-21,23H,5-7,10-14,28H2,1-3H3;3,6,14,16-20,25,27H,4-5,7-13H2,1-2H3;3H,1-2H3,(H,5,6)/t19-,20+,21-,22+,23-,26+,27-,28+;16-,18+,19-,20-,21+,23-,26-,27+;16-,17+,18-,19+,20-,22+,23-,24+;/m101./s1. The molecule has 16 heteroatoms. The lowest BCUT2D eigenvalue weighted by Crippen LogP contribution is -2.62. The number of carbonyl (C=O) groups excluding carboxylic acids is 2. The molecule has 0 aliphatic heterocycles. The smallest absolute Gasteiger partial charge is 0.335 e. The molecule has 0 radical (unpaired) electrons. The van der Waals surface area contributed by atoms with Crippen LogP contribution in [0.1, 0.15) is 278 Å². The quantitative estimate of drug-likeness (QED) is 0.104. The van der Waals surface area contributed by atoms with E-state index in [1.54, 1.807) is 51.2 Å². The zero-order valence-corrected chi connectivity index (χ0v) is 61.4. The second-order valence-corrected chi connectivity index (χ2v) is 36.0. The average molecular weight is 1370 g/mol. The Morgan fingerprint density at radius 3 is 1.32 bits per heavy atom. The number of nitrogens with two attached hydrogens (primary N) is 1. The van der Waals surface area contributed by atoms with Gasteiger partial charge in [0.1, 0.15) is 18.2 Å². The minimum absolute atomic E-state index is 0.0276. The first-order valence-corrected chi connectivity index (χ1v) is 38.7. The fourth-order valence-corrected chi connectivity index (χ4v) is 25.0. The number of esters is 2. The molecule has 6 N–H and O–H groups in total. The number of aliphatic hydroxyl groups is 3. The van der Waals surface area contributed by atoms with Crippen molar-refractivity contribution in [2.75, 3.05) is 0 Å². The Balaban J connectivity index is 0.000000136. The Morgan fingerprint density at radius 1 is 0.475 bits per heavy atom. The third kappa shape index (κ3) is 13.0. The molecule has 15 rings (SSSR count). The Hall–Kier alpha value is -5.16. The van der Waals surface area contributed by atoms with Gasteiger partial charge < -0.3 is 48.9 Å². The van der Waals surface area contributed by atoms with Crippen molar-refractivity contribution in [1.29, 1.82) is 0 Å². The highest BCUT2D eigenvalue weighted by Gasteiger charge is 2.70. The second-order valence-electron chi connectivity index (χ2n) is 36.0. The summed E-state index contributed by atoms with van der Waals surface area (Å²) in [5.41, 5.74) is 9.04. The van der Waals surface area contributed by atoms with Crippen molar-refractivity contribution in [1.82, 2.24) is 0 Å². The number of ether oxygens (including phenoxy) is 2. The van der Waals surface area contributed by atoms with Crippen molar-refractivity contribution >= 4 is 17.9 Å². The molecule has 0 bridgehead atoms. The third-order valence-electron chi connectivity index (χ3n) is 30.9. The average Bonchev–Trinajstić information content (AvgIpc) is 1.64. The third-order valence-corrected chi connectivity index (χ3v) is 30.9. The SMILES string of the molecule is CC(C)C(=O)O.CC(C)C(=O)O[C@H]1CC[C@@]2(C)[C@H](CC[C@@H]3[C@@H]2CC[C@]2(C)[C@@H](c4ccc(=O)oc4)CC[C@]32O)C1.C[C@H](N)C(=O)O[C@H]1CC[C@@]2(C)[C@H](CC[C@H]3C4=CC[C@H](c5ccc(=O)oc5)[C@@]4(C)CC[C@@H]32)C1.C[C@]12CC[C@H](O)C[C@H]1CC[C@@H]1[C@@H]2CC[C@]2(C)[C@@H](c3ccc(=O)oc3)CC[C@]12O. The van der Waals surface area contributed by atoms with Crippen LogP contribution in [0.4, 0.5) is 0 Å². The summed E-state index contributed by atoms with van der Waals surface area (Å²) < 4.78 is 27.2. The molecule has 12 aliphatic carbocycles. The van der Waals surface area contributed by atoms with Gasteiger partial charge in [-0.15, -0.1) is 0 Å². The van der Waals surface area contributed by atoms with E-state index in [1.165, 1.54) is 44.2 Å². The van der Waals surface area contributed by atoms with Crippen LogP contribution in [0.3, 0.4) is 0 Å². The molecule has 0 amide bonds. The summed E-state index contributed by atoms with van der Waals surface area (Å²) in [6.07, 6.45) is 34.6. The number of allylic oxidation sites excluding steroid dienone is 2. The topological polar surface area (TPSA) is 267 Å². The monoisotopic (exact) mass is 1370 g/mol.